The third-order valence-corrected chi connectivity index (χ3v) is 6.90. The van der Waals surface area contributed by atoms with Crippen LogP contribution in [0, 0.1) is 12.8 Å². The average Bonchev–Trinajstić information content (AvgIpc) is 2.77. The Balaban J connectivity index is 1.55. The zero-order chi connectivity index (χ0) is 22.1. The van der Waals surface area contributed by atoms with Crippen molar-refractivity contribution in [3.05, 3.63) is 64.1 Å². The molecule has 0 radical (unpaired) electrons. The second-order valence-corrected chi connectivity index (χ2v) is 9.12. The summed E-state index contributed by atoms with van der Waals surface area (Å²) >= 11 is 1.42. The second-order valence-electron chi connectivity index (χ2n) is 8.04. The van der Waals surface area contributed by atoms with E-state index in [1.54, 1.807) is 22.9 Å². The Morgan fingerprint density at radius 3 is 2.55 bits per heavy atom. The number of hydrogen-bond donors (Lipinski definition) is 1. The molecule has 0 saturated carbocycles. The first kappa shape index (κ1) is 21.2. The van der Waals surface area contributed by atoms with Gasteiger partial charge in [-0.25, -0.2) is 0 Å². The van der Waals surface area contributed by atoms with Crippen LogP contribution in [0.25, 0.3) is 6.08 Å². The molecule has 0 bridgehead atoms. The molecule has 4 rings (SSSR count). The van der Waals surface area contributed by atoms with E-state index in [2.05, 4.69) is 0 Å². The van der Waals surface area contributed by atoms with E-state index in [1.165, 1.54) is 11.8 Å². The van der Waals surface area contributed by atoms with Crippen LogP contribution >= 0.6 is 11.8 Å². The maximum absolute atomic E-state index is 13.0. The molecule has 2 heterocycles. The van der Waals surface area contributed by atoms with E-state index in [9.17, 15) is 14.4 Å². The van der Waals surface area contributed by atoms with Gasteiger partial charge in [-0.1, -0.05) is 41.6 Å². The van der Waals surface area contributed by atoms with Gasteiger partial charge in [-0.15, -0.1) is 0 Å². The van der Waals surface area contributed by atoms with Crippen molar-refractivity contribution in [2.45, 2.75) is 24.7 Å². The van der Waals surface area contributed by atoms with E-state index in [0.29, 0.717) is 36.4 Å². The molecule has 7 heteroatoms. The fourth-order valence-electron chi connectivity index (χ4n) is 3.99. The summed E-state index contributed by atoms with van der Waals surface area (Å²) < 4.78 is 0. The molecule has 31 heavy (non-hydrogen) atoms. The fourth-order valence-corrected chi connectivity index (χ4v) is 5.08. The van der Waals surface area contributed by atoms with Crippen molar-refractivity contribution >= 4 is 41.2 Å². The number of thioether (sulfide) groups is 1. The lowest BCUT2D eigenvalue weighted by Gasteiger charge is -2.31. The highest BCUT2D eigenvalue weighted by atomic mass is 32.2. The molecule has 3 amide bonds. The number of nitrogens with zero attached hydrogens (tertiary/aromatic N) is 2. The van der Waals surface area contributed by atoms with Gasteiger partial charge in [-0.05, 0) is 49.6 Å². The minimum absolute atomic E-state index is 0.0855. The topological polar surface area (TPSA) is 83.7 Å². The number of likely N-dealkylation sites (tertiary alicyclic amines) is 1. The fraction of sp³-hybridized carbons (Fsp3) is 0.292. The van der Waals surface area contributed by atoms with Crippen LogP contribution in [0.3, 0.4) is 0 Å². The first-order chi connectivity index (χ1) is 14.8. The number of rotatable bonds is 3. The van der Waals surface area contributed by atoms with Gasteiger partial charge >= 0.3 is 0 Å². The number of nitrogens with two attached hydrogens (primary N) is 1. The number of primary amides is 1. The largest absolute Gasteiger partial charge is 0.369 e. The van der Waals surface area contributed by atoms with Crippen molar-refractivity contribution in [2.75, 3.05) is 25.0 Å². The van der Waals surface area contributed by atoms with E-state index < -0.39 is 0 Å². The van der Waals surface area contributed by atoms with E-state index in [-0.39, 0.29) is 23.6 Å². The first-order valence-electron chi connectivity index (χ1n) is 10.3. The van der Waals surface area contributed by atoms with Gasteiger partial charge in [0.25, 0.3) is 11.8 Å². The normalized spacial score (nSPS) is 18.3. The molecule has 6 nitrogen and oxygen atoms in total. The van der Waals surface area contributed by atoms with Crippen LogP contribution in [-0.4, -0.2) is 42.8 Å². The molecule has 160 valence electrons. The Labute approximate surface area is 186 Å². The van der Waals surface area contributed by atoms with Crippen LogP contribution < -0.4 is 10.6 Å². The molecule has 0 unspecified atom stereocenters. The summed E-state index contributed by atoms with van der Waals surface area (Å²) in [5.41, 5.74) is 8.78. The molecule has 2 aliphatic rings. The third-order valence-electron chi connectivity index (χ3n) is 5.83. The Bertz CT molecular complexity index is 1090. The summed E-state index contributed by atoms with van der Waals surface area (Å²) in [5.74, 6) is -0.637. The second kappa shape index (κ2) is 8.59. The zero-order valence-electron chi connectivity index (χ0n) is 17.6. The van der Waals surface area contributed by atoms with Crippen LogP contribution in [0.2, 0.25) is 0 Å². The standard InChI is InChI=1S/C24H25N3O3S/c1-15-4-3-5-16(12-15)13-21-24(30)26(2)19-14-18(6-7-20(19)31-21)23(29)27-10-8-17(9-11-27)22(25)28/h3-7,12-14,17H,8-11H2,1-2H3,(H2,25,28)/b21-13-. The predicted octanol–water partition coefficient (Wildman–Crippen LogP) is 3.44. The number of likely N-dealkylation sites (N-methyl/N-ethyl adjacent to an activating group) is 1. The molecular formula is C24H25N3O3S. The number of anilines is 1. The van der Waals surface area contributed by atoms with E-state index in [4.69, 9.17) is 5.73 Å². The van der Waals surface area contributed by atoms with Crippen molar-refractivity contribution in [1.29, 1.82) is 0 Å². The molecule has 2 aromatic carbocycles. The summed E-state index contributed by atoms with van der Waals surface area (Å²) in [5, 5.41) is 0. The van der Waals surface area contributed by atoms with Crippen LogP contribution in [-0.2, 0) is 9.59 Å². The van der Waals surface area contributed by atoms with E-state index in [1.807, 2.05) is 49.4 Å². The Morgan fingerprint density at radius 2 is 1.87 bits per heavy atom. The minimum atomic E-state index is -0.299. The Hall–Kier alpha value is -3.06. The van der Waals surface area contributed by atoms with Gasteiger partial charge in [0.05, 0.1) is 10.6 Å². The minimum Gasteiger partial charge on any atom is -0.369 e. The smallest absolute Gasteiger partial charge is 0.264 e. The van der Waals surface area contributed by atoms with Gasteiger partial charge in [0.15, 0.2) is 0 Å². The third kappa shape index (κ3) is 4.37. The number of carbonyl (C=O) groups is 3. The van der Waals surface area contributed by atoms with Crippen LogP contribution in [0.15, 0.2) is 52.3 Å². The molecule has 0 atom stereocenters. The maximum atomic E-state index is 13.0. The lowest BCUT2D eigenvalue weighted by molar-refractivity contribution is -0.123. The molecule has 0 spiro atoms. The van der Waals surface area contributed by atoms with Gasteiger partial charge < -0.3 is 15.5 Å². The van der Waals surface area contributed by atoms with Crippen LogP contribution in [0.4, 0.5) is 5.69 Å². The summed E-state index contributed by atoms with van der Waals surface area (Å²) in [6, 6.07) is 13.5. The van der Waals surface area contributed by atoms with Crippen molar-refractivity contribution in [2.24, 2.45) is 11.7 Å². The lowest BCUT2D eigenvalue weighted by atomic mass is 9.96. The monoisotopic (exact) mass is 435 g/mol. The number of amides is 3. The SMILES string of the molecule is Cc1cccc(/C=C2\Sc3ccc(C(=O)N4CCC(C(N)=O)CC4)cc3N(C)C2=O)c1. The van der Waals surface area contributed by atoms with Crippen molar-refractivity contribution < 1.29 is 14.4 Å². The number of piperidine rings is 1. The van der Waals surface area contributed by atoms with Gasteiger partial charge in [0.2, 0.25) is 5.91 Å². The number of hydrogen-bond acceptors (Lipinski definition) is 4. The summed E-state index contributed by atoms with van der Waals surface area (Å²) in [6.07, 6.45) is 3.09. The van der Waals surface area contributed by atoms with Gasteiger partial charge in [-0.2, -0.15) is 0 Å². The maximum Gasteiger partial charge on any atom is 0.264 e. The Morgan fingerprint density at radius 1 is 1.13 bits per heavy atom. The van der Waals surface area contributed by atoms with Gasteiger partial charge in [-0.3, -0.25) is 14.4 Å². The molecule has 2 N–H and O–H groups in total. The van der Waals surface area contributed by atoms with Crippen LogP contribution in [0.1, 0.15) is 34.3 Å². The molecule has 2 aliphatic heterocycles. The van der Waals surface area contributed by atoms with Crippen molar-refractivity contribution in [3.8, 4) is 0 Å². The quantitative estimate of drug-likeness (QED) is 0.749. The highest BCUT2D eigenvalue weighted by Crippen LogP contribution is 2.42. The molecular weight excluding hydrogens is 410 g/mol. The summed E-state index contributed by atoms with van der Waals surface area (Å²) in [4.78, 5) is 42.2. The van der Waals surface area contributed by atoms with Gasteiger partial charge in [0, 0.05) is 36.5 Å². The molecule has 1 saturated heterocycles. The van der Waals surface area contributed by atoms with E-state index >= 15 is 0 Å². The first-order valence-corrected chi connectivity index (χ1v) is 11.1. The van der Waals surface area contributed by atoms with E-state index in [0.717, 1.165) is 21.7 Å². The summed E-state index contributed by atoms with van der Waals surface area (Å²) in [6.45, 7) is 3.04. The molecule has 2 aromatic rings. The number of carbonyl (C=O) groups excluding carboxylic acids is 3. The molecule has 1 fully saturated rings. The lowest BCUT2D eigenvalue weighted by Crippen LogP contribution is -2.41. The highest BCUT2D eigenvalue weighted by Gasteiger charge is 2.30. The van der Waals surface area contributed by atoms with Crippen LogP contribution in [0.5, 0.6) is 0 Å². The highest BCUT2D eigenvalue weighted by molar-refractivity contribution is 8.04. The molecule has 0 aromatic heterocycles. The van der Waals surface area contributed by atoms with Crippen molar-refractivity contribution in [1.82, 2.24) is 4.90 Å². The number of aryl methyl sites for hydroxylation is 1. The summed E-state index contributed by atoms with van der Waals surface area (Å²) in [7, 11) is 1.73. The predicted molar refractivity (Wildman–Crippen MR) is 123 cm³/mol. The van der Waals surface area contributed by atoms with Crippen molar-refractivity contribution in [3.63, 3.8) is 0 Å². The van der Waals surface area contributed by atoms with Gasteiger partial charge in [0.1, 0.15) is 0 Å². The number of benzene rings is 2. The molecule has 0 aliphatic carbocycles. The zero-order valence-corrected chi connectivity index (χ0v) is 18.4. The Kier molecular flexibility index (Phi) is 5.87. The number of fused-ring (bicyclic) bond motifs is 1. The average molecular weight is 436 g/mol.